The van der Waals surface area contributed by atoms with Crippen LogP contribution in [0.15, 0.2) is 66.7 Å². The number of hydrogen-bond donors (Lipinski definition) is 0. The molecule has 0 aromatic heterocycles. The Balaban J connectivity index is 1.55. The predicted octanol–water partition coefficient (Wildman–Crippen LogP) is 6.11. The van der Waals surface area contributed by atoms with Crippen LogP contribution in [0, 0.1) is 22.9 Å². The Bertz CT molecular complexity index is 1280. The second-order valence-corrected chi connectivity index (χ2v) is 10.2. The molecule has 0 radical (unpaired) electrons. The van der Waals surface area contributed by atoms with Crippen molar-refractivity contribution in [3.63, 3.8) is 0 Å². The van der Waals surface area contributed by atoms with Crippen molar-refractivity contribution in [1.29, 1.82) is 0 Å². The smallest absolute Gasteiger partial charge is 0.313 e. The van der Waals surface area contributed by atoms with Crippen LogP contribution in [0.3, 0.4) is 0 Å². The fourth-order valence-corrected chi connectivity index (χ4v) is 5.25. The summed E-state index contributed by atoms with van der Waals surface area (Å²) in [6.45, 7) is 2.29. The molecule has 1 atom stereocenters. The van der Waals surface area contributed by atoms with Crippen molar-refractivity contribution in [2.45, 2.75) is 32.9 Å². The van der Waals surface area contributed by atoms with E-state index < -0.39 is 59.0 Å². The number of ether oxygens (including phenoxy) is 1. The first-order valence-corrected chi connectivity index (χ1v) is 13.2. The van der Waals surface area contributed by atoms with Crippen LogP contribution in [0.1, 0.15) is 41.3 Å². The molecule has 0 saturated carbocycles. The fourth-order valence-electron chi connectivity index (χ4n) is 5.25. The van der Waals surface area contributed by atoms with Gasteiger partial charge in [0.25, 0.3) is 0 Å². The van der Waals surface area contributed by atoms with Gasteiger partial charge in [0.05, 0.1) is 18.8 Å². The maximum absolute atomic E-state index is 15.2. The van der Waals surface area contributed by atoms with E-state index in [1.54, 1.807) is 0 Å². The molecule has 40 heavy (non-hydrogen) atoms. The molecule has 0 N–H and O–H groups in total. The molecule has 9 heteroatoms. The summed E-state index contributed by atoms with van der Waals surface area (Å²) >= 11 is 0. The predicted molar refractivity (Wildman–Crippen MR) is 144 cm³/mol. The third-order valence-electron chi connectivity index (χ3n) is 7.14. The Morgan fingerprint density at radius 1 is 0.950 bits per heavy atom. The zero-order valence-corrected chi connectivity index (χ0v) is 22.3. The van der Waals surface area contributed by atoms with E-state index in [-0.39, 0.29) is 19.7 Å². The van der Waals surface area contributed by atoms with Crippen LogP contribution in [0.5, 0.6) is 0 Å². The minimum absolute atomic E-state index is 0.00959. The van der Waals surface area contributed by atoms with Gasteiger partial charge in [-0.25, -0.2) is 13.2 Å². The van der Waals surface area contributed by atoms with E-state index in [0.29, 0.717) is 32.1 Å². The molecule has 0 spiro atoms. The van der Waals surface area contributed by atoms with Gasteiger partial charge in [0.1, 0.15) is 17.9 Å². The van der Waals surface area contributed by atoms with Crippen molar-refractivity contribution in [2.75, 3.05) is 37.8 Å². The summed E-state index contributed by atoms with van der Waals surface area (Å²) < 4.78 is 64.6. The summed E-state index contributed by atoms with van der Waals surface area (Å²) in [5.41, 5.74) is -0.357. The molecular weight excluding hydrogens is 524 g/mol. The lowest BCUT2D eigenvalue weighted by atomic mass is 9.87. The molecule has 0 bridgehead atoms. The molecular formula is C31H32F4N2O3. The molecule has 1 unspecified atom stereocenters. The van der Waals surface area contributed by atoms with Crippen molar-refractivity contribution in [3.8, 4) is 0 Å². The Morgan fingerprint density at radius 2 is 1.55 bits per heavy atom. The van der Waals surface area contributed by atoms with Crippen molar-refractivity contribution in [2.24, 2.45) is 5.41 Å². The molecule has 0 aliphatic carbocycles. The van der Waals surface area contributed by atoms with Crippen LogP contribution in [-0.2, 0) is 22.6 Å². The van der Waals surface area contributed by atoms with Crippen LogP contribution in [-0.4, -0.2) is 49.6 Å². The first kappa shape index (κ1) is 29.3. The minimum atomic E-state index is -1.54. The highest BCUT2D eigenvalue weighted by Crippen LogP contribution is 2.39. The van der Waals surface area contributed by atoms with Crippen LogP contribution in [0.25, 0.3) is 0 Å². The van der Waals surface area contributed by atoms with Gasteiger partial charge in [-0.15, -0.1) is 0 Å². The number of Topliss-reactive ketones (excluding diaryl/α,β-unsaturated/α-hetero) is 1. The maximum Gasteiger partial charge on any atom is 0.313 e. The number of alkyl halides is 1. The fraction of sp³-hybridized carbons (Fsp3) is 0.355. The summed E-state index contributed by atoms with van der Waals surface area (Å²) in [6.07, 6.45) is -0.538. The quantitative estimate of drug-likeness (QED) is 0.0886. The number of carbonyl (C=O) groups is 2. The highest BCUT2D eigenvalue weighted by molar-refractivity contribution is 6.06. The average molecular weight is 557 g/mol. The number of hydrogen-bond acceptors (Lipinski definition) is 5. The van der Waals surface area contributed by atoms with Gasteiger partial charge >= 0.3 is 5.97 Å². The van der Waals surface area contributed by atoms with Gasteiger partial charge in [0.2, 0.25) is 0 Å². The van der Waals surface area contributed by atoms with Crippen molar-refractivity contribution in [3.05, 3.63) is 101 Å². The number of ketones is 1. The Morgan fingerprint density at radius 3 is 2.10 bits per heavy atom. The molecule has 1 aliphatic rings. The highest BCUT2D eigenvalue weighted by Gasteiger charge is 2.42. The topological polar surface area (TPSA) is 49.9 Å². The first-order valence-electron chi connectivity index (χ1n) is 13.2. The molecule has 3 aromatic rings. The van der Waals surface area contributed by atoms with E-state index in [4.69, 9.17) is 0 Å². The maximum atomic E-state index is 15.2. The number of esters is 1. The lowest BCUT2D eigenvalue weighted by molar-refractivity contribution is -0.141. The standard InChI is InChI=1S/C31H32F4N2O3/c1-2-40-27(39)16-26(38)24-15-25(33)30(29(35)28(24)34)37-14-13-31(19-32,21-37)20-36(17-22-9-5-3-6-10-22)18-23-11-7-4-8-12-23/h3-12,15H,2,13-14,16-21H2,1H3. The van der Waals surface area contributed by atoms with Gasteiger partial charge in [0, 0.05) is 38.1 Å². The second kappa shape index (κ2) is 13.1. The van der Waals surface area contributed by atoms with Gasteiger partial charge < -0.3 is 9.64 Å². The first-order chi connectivity index (χ1) is 19.2. The third-order valence-corrected chi connectivity index (χ3v) is 7.14. The summed E-state index contributed by atoms with van der Waals surface area (Å²) in [5, 5.41) is 0. The summed E-state index contributed by atoms with van der Waals surface area (Å²) in [7, 11) is 0. The van der Waals surface area contributed by atoms with E-state index in [2.05, 4.69) is 9.64 Å². The highest BCUT2D eigenvalue weighted by atomic mass is 19.2. The number of rotatable bonds is 12. The summed E-state index contributed by atoms with van der Waals surface area (Å²) in [5.74, 6) is -6.23. The van der Waals surface area contributed by atoms with Gasteiger partial charge in [-0.2, -0.15) is 0 Å². The minimum Gasteiger partial charge on any atom is -0.466 e. The number of benzene rings is 3. The molecule has 1 saturated heterocycles. The van der Waals surface area contributed by atoms with E-state index in [1.807, 2.05) is 60.7 Å². The summed E-state index contributed by atoms with van der Waals surface area (Å²) in [4.78, 5) is 27.3. The molecule has 4 rings (SSSR count). The van der Waals surface area contributed by atoms with Crippen LogP contribution < -0.4 is 4.90 Å². The van der Waals surface area contributed by atoms with E-state index in [9.17, 15) is 18.4 Å². The number of carbonyl (C=O) groups excluding carboxylic acids is 2. The number of halogens is 4. The molecule has 5 nitrogen and oxygen atoms in total. The Labute approximate surface area is 231 Å². The SMILES string of the molecule is CCOC(=O)CC(=O)c1cc(F)c(N2CCC(CF)(CN(Cc3ccccc3)Cc3ccccc3)C2)c(F)c1F. The van der Waals surface area contributed by atoms with Gasteiger partial charge in [0.15, 0.2) is 17.4 Å². The summed E-state index contributed by atoms with van der Waals surface area (Å²) in [6, 6.07) is 20.1. The number of anilines is 1. The molecule has 1 fully saturated rings. The molecule has 0 amide bonds. The molecule has 3 aromatic carbocycles. The third kappa shape index (κ3) is 6.88. The normalized spacial score (nSPS) is 16.9. The Kier molecular flexibility index (Phi) is 9.58. The number of nitrogens with zero attached hydrogens (tertiary/aromatic N) is 2. The monoisotopic (exact) mass is 556 g/mol. The van der Waals surface area contributed by atoms with E-state index in [1.165, 1.54) is 11.8 Å². The molecule has 1 heterocycles. The van der Waals surface area contributed by atoms with Gasteiger partial charge in [-0.05, 0) is 30.5 Å². The van der Waals surface area contributed by atoms with Crippen LogP contribution in [0.4, 0.5) is 23.2 Å². The molecule has 212 valence electrons. The zero-order chi connectivity index (χ0) is 28.7. The van der Waals surface area contributed by atoms with Gasteiger partial charge in [-0.3, -0.25) is 18.9 Å². The largest absolute Gasteiger partial charge is 0.466 e. The van der Waals surface area contributed by atoms with Crippen molar-refractivity contribution < 1.29 is 31.9 Å². The van der Waals surface area contributed by atoms with E-state index in [0.717, 1.165) is 11.1 Å². The average Bonchev–Trinajstić information content (AvgIpc) is 3.35. The van der Waals surface area contributed by atoms with Crippen LogP contribution in [0.2, 0.25) is 0 Å². The zero-order valence-electron chi connectivity index (χ0n) is 22.3. The molecule has 1 aliphatic heterocycles. The second-order valence-electron chi connectivity index (χ2n) is 10.2. The van der Waals surface area contributed by atoms with Crippen molar-refractivity contribution >= 4 is 17.4 Å². The lowest BCUT2D eigenvalue weighted by Gasteiger charge is -2.34. The van der Waals surface area contributed by atoms with E-state index >= 15 is 8.78 Å². The van der Waals surface area contributed by atoms with Crippen molar-refractivity contribution in [1.82, 2.24) is 4.90 Å². The van der Waals surface area contributed by atoms with Gasteiger partial charge in [-0.1, -0.05) is 60.7 Å². The van der Waals surface area contributed by atoms with Crippen LogP contribution >= 0.6 is 0 Å². The Hall–Kier alpha value is -3.72. The lowest BCUT2D eigenvalue weighted by Crippen LogP contribution is -2.41.